The Labute approximate surface area is 176 Å². The molecule has 6 nitrogen and oxygen atoms in total. The lowest BCUT2D eigenvalue weighted by molar-refractivity contribution is -0.136. The number of furan rings is 1. The highest BCUT2D eigenvalue weighted by Gasteiger charge is 2.30. The number of rotatable bonds is 5. The van der Waals surface area contributed by atoms with Gasteiger partial charge in [-0.05, 0) is 51.0 Å². The zero-order chi connectivity index (χ0) is 21.1. The number of nitrogens with zero attached hydrogens (tertiary/aromatic N) is 3. The number of amides is 2. The molecule has 0 atom stereocenters. The maximum atomic E-state index is 13.4. The molecule has 0 bridgehead atoms. The van der Waals surface area contributed by atoms with Gasteiger partial charge in [-0.1, -0.05) is 18.2 Å². The van der Waals surface area contributed by atoms with E-state index in [1.165, 1.54) is 0 Å². The van der Waals surface area contributed by atoms with E-state index in [2.05, 4.69) is 4.98 Å². The van der Waals surface area contributed by atoms with Gasteiger partial charge in [-0.3, -0.25) is 9.59 Å². The van der Waals surface area contributed by atoms with Crippen LogP contribution in [0.15, 0.2) is 53.1 Å². The third kappa shape index (κ3) is 3.82. The number of para-hydroxylation sites is 1. The van der Waals surface area contributed by atoms with E-state index in [0.717, 1.165) is 24.0 Å². The van der Waals surface area contributed by atoms with Crippen LogP contribution < -0.4 is 0 Å². The highest BCUT2D eigenvalue weighted by atomic mass is 16.3. The summed E-state index contributed by atoms with van der Waals surface area (Å²) < 4.78 is 5.50. The molecule has 1 aliphatic rings. The lowest BCUT2D eigenvalue weighted by Gasteiger charge is -2.34. The Morgan fingerprint density at radius 3 is 2.50 bits per heavy atom. The molecule has 3 aromatic rings. The van der Waals surface area contributed by atoms with Gasteiger partial charge in [0, 0.05) is 37.5 Å². The lowest BCUT2D eigenvalue weighted by atomic mass is 9.94. The molecule has 156 valence electrons. The van der Waals surface area contributed by atoms with Gasteiger partial charge in [0.25, 0.3) is 5.91 Å². The van der Waals surface area contributed by atoms with Crippen LogP contribution >= 0.6 is 0 Å². The molecular weight excluding hydrogens is 378 g/mol. The van der Waals surface area contributed by atoms with Gasteiger partial charge in [0.2, 0.25) is 5.91 Å². The van der Waals surface area contributed by atoms with E-state index in [4.69, 9.17) is 4.42 Å². The highest BCUT2D eigenvalue weighted by Crippen LogP contribution is 2.28. The first kappa shape index (κ1) is 20.1. The van der Waals surface area contributed by atoms with E-state index < -0.39 is 0 Å². The molecule has 1 saturated heterocycles. The highest BCUT2D eigenvalue weighted by molar-refractivity contribution is 6.07. The van der Waals surface area contributed by atoms with Gasteiger partial charge in [0.05, 0.1) is 17.3 Å². The standard InChI is InChI=1S/C24H27N3O3/c1-3-26(4-2)23(28)17-11-13-27(14-12-17)24(29)19-16-21(22-10-7-15-30-22)25-20-9-6-5-8-18(19)20/h5-10,15-17H,3-4,11-14H2,1-2H3. The number of hydrogen-bond donors (Lipinski definition) is 0. The zero-order valence-electron chi connectivity index (χ0n) is 17.5. The Kier molecular flexibility index (Phi) is 5.84. The van der Waals surface area contributed by atoms with Crippen LogP contribution in [0.2, 0.25) is 0 Å². The van der Waals surface area contributed by atoms with Crippen LogP contribution in [-0.4, -0.2) is 52.8 Å². The SMILES string of the molecule is CCN(CC)C(=O)C1CCN(C(=O)c2cc(-c3ccco3)nc3ccccc23)CC1. The van der Waals surface area contributed by atoms with Crippen LogP contribution in [0.1, 0.15) is 37.0 Å². The summed E-state index contributed by atoms with van der Waals surface area (Å²) in [6.45, 7) is 6.64. The smallest absolute Gasteiger partial charge is 0.254 e. The molecule has 2 amide bonds. The quantitative estimate of drug-likeness (QED) is 0.638. The van der Waals surface area contributed by atoms with Gasteiger partial charge < -0.3 is 14.2 Å². The number of carbonyl (C=O) groups is 2. The fraction of sp³-hybridized carbons (Fsp3) is 0.375. The summed E-state index contributed by atoms with van der Waals surface area (Å²) in [6.07, 6.45) is 3.01. The molecule has 3 heterocycles. The van der Waals surface area contributed by atoms with E-state index >= 15 is 0 Å². The Balaban J connectivity index is 1.58. The molecule has 1 aromatic carbocycles. The van der Waals surface area contributed by atoms with E-state index in [9.17, 15) is 9.59 Å². The number of likely N-dealkylation sites (tertiary alicyclic amines) is 1. The second kappa shape index (κ2) is 8.69. The minimum atomic E-state index is -0.0184. The third-order valence-electron chi connectivity index (χ3n) is 5.93. The largest absolute Gasteiger partial charge is 0.463 e. The van der Waals surface area contributed by atoms with Crippen molar-refractivity contribution in [3.05, 3.63) is 54.3 Å². The number of carbonyl (C=O) groups excluding carboxylic acids is 2. The first-order valence-corrected chi connectivity index (χ1v) is 10.6. The monoisotopic (exact) mass is 405 g/mol. The average molecular weight is 405 g/mol. The van der Waals surface area contributed by atoms with Gasteiger partial charge in [0.15, 0.2) is 5.76 Å². The second-order valence-corrected chi connectivity index (χ2v) is 7.63. The normalized spacial score (nSPS) is 14.8. The van der Waals surface area contributed by atoms with Crippen molar-refractivity contribution >= 4 is 22.7 Å². The van der Waals surface area contributed by atoms with Crippen molar-refractivity contribution in [1.29, 1.82) is 0 Å². The van der Waals surface area contributed by atoms with Gasteiger partial charge in [-0.15, -0.1) is 0 Å². The topological polar surface area (TPSA) is 66.7 Å². The zero-order valence-corrected chi connectivity index (χ0v) is 17.5. The molecule has 30 heavy (non-hydrogen) atoms. The minimum Gasteiger partial charge on any atom is -0.463 e. The van der Waals surface area contributed by atoms with Crippen LogP contribution in [-0.2, 0) is 4.79 Å². The maximum absolute atomic E-state index is 13.4. The van der Waals surface area contributed by atoms with Crippen molar-refractivity contribution in [1.82, 2.24) is 14.8 Å². The van der Waals surface area contributed by atoms with Crippen LogP contribution in [0.4, 0.5) is 0 Å². The van der Waals surface area contributed by atoms with Crippen LogP contribution in [0.25, 0.3) is 22.4 Å². The first-order chi connectivity index (χ1) is 14.6. The maximum Gasteiger partial charge on any atom is 0.254 e. The number of hydrogen-bond acceptors (Lipinski definition) is 4. The predicted molar refractivity (Wildman–Crippen MR) is 116 cm³/mol. The molecule has 0 N–H and O–H groups in total. The van der Waals surface area contributed by atoms with Crippen molar-refractivity contribution in [2.45, 2.75) is 26.7 Å². The molecule has 1 fully saturated rings. The number of fused-ring (bicyclic) bond motifs is 1. The Morgan fingerprint density at radius 1 is 1.10 bits per heavy atom. The molecule has 6 heteroatoms. The van der Waals surface area contributed by atoms with E-state index in [0.29, 0.717) is 42.9 Å². The second-order valence-electron chi connectivity index (χ2n) is 7.63. The summed E-state index contributed by atoms with van der Waals surface area (Å²) in [7, 11) is 0. The first-order valence-electron chi connectivity index (χ1n) is 10.6. The fourth-order valence-corrected chi connectivity index (χ4v) is 4.20. The van der Waals surface area contributed by atoms with Gasteiger partial charge in [0.1, 0.15) is 5.69 Å². The molecular formula is C24H27N3O3. The van der Waals surface area contributed by atoms with E-state index in [1.54, 1.807) is 6.26 Å². The van der Waals surface area contributed by atoms with Crippen molar-refractivity contribution in [3.8, 4) is 11.5 Å². The predicted octanol–water partition coefficient (Wildman–Crippen LogP) is 4.22. The summed E-state index contributed by atoms with van der Waals surface area (Å²) in [5, 5.41) is 0.833. The average Bonchev–Trinajstić information content (AvgIpc) is 3.34. The molecule has 0 radical (unpaired) electrons. The van der Waals surface area contributed by atoms with Gasteiger partial charge >= 0.3 is 0 Å². The summed E-state index contributed by atoms with van der Waals surface area (Å²) in [6, 6.07) is 13.1. The molecule has 0 saturated carbocycles. The van der Waals surface area contributed by atoms with Crippen molar-refractivity contribution in [3.63, 3.8) is 0 Å². The summed E-state index contributed by atoms with van der Waals surface area (Å²) in [4.78, 5) is 34.5. The van der Waals surface area contributed by atoms with Gasteiger partial charge in [-0.25, -0.2) is 4.98 Å². The summed E-state index contributed by atoms with van der Waals surface area (Å²) >= 11 is 0. The molecule has 0 spiro atoms. The van der Waals surface area contributed by atoms with Crippen molar-refractivity contribution < 1.29 is 14.0 Å². The number of piperidine rings is 1. The van der Waals surface area contributed by atoms with Gasteiger partial charge in [-0.2, -0.15) is 0 Å². The number of benzene rings is 1. The van der Waals surface area contributed by atoms with Crippen molar-refractivity contribution in [2.24, 2.45) is 5.92 Å². The van der Waals surface area contributed by atoms with Crippen LogP contribution in [0.3, 0.4) is 0 Å². The van der Waals surface area contributed by atoms with Crippen LogP contribution in [0, 0.1) is 5.92 Å². The fourth-order valence-electron chi connectivity index (χ4n) is 4.20. The Bertz CT molecular complexity index is 1030. The third-order valence-corrected chi connectivity index (χ3v) is 5.93. The van der Waals surface area contributed by atoms with Crippen molar-refractivity contribution in [2.75, 3.05) is 26.2 Å². The molecule has 0 unspecified atom stereocenters. The van der Waals surface area contributed by atoms with E-state index in [-0.39, 0.29) is 17.7 Å². The number of aromatic nitrogens is 1. The Morgan fingerprint density at radius 2 is 1.83 bits per heavy atom. The lowest BCUT2D eigenvalue weighted by Crippen LogP contribution is -2.44. The molecule has 0 aliphatic carbocycles. The molecule has 4 rings (SSSR count). The minimum absolute atomic E-state index is 0.00168. The Hall–Kier alpha value is -3.15. The van der Waals surface area contributed by atoms with Crippen LogP contribution in [0.5, 0.6) is 0 Å². The number of pyridine rings is 1. The summed E-state index contributed by atoms with van der Waals surface area (Å²) in [5.74, 6) is 0.830. The molecule has 1 aliphatic heterocycles. The van der Waals surface area contributed by atoms with E-state index in [1.807, 2.05) is 66.1 Å². The molecule has 2 aromatic heterocycles. The summed E-state index contributed by atoms with van der Waals surface area (Å²) in [5.41, 5.74) is 2.04.